The maximum absolute atomic E-state index is 12.4. The molecule has 0 saturated carbocycles. The Morgan fingerprint density at radius 3 is 1.94 bits per heavy atom. The van der Waals surface area contributed by atoms with Crippen molar-refractivity contribution in [3.8, 4) is 5.75 Å². The van der Waals surface area contributed by atoms with Gasteiger partial charge in [-0.2, -0.15) is 0 Å². The zero-order valence-corrected chi connectivity index (χ0v) is 18.8. The minimum absolute atomic E-state index is 0.175. The molecule has 0 aliphatic heterocycles. The summed E-state index contributed by atoms with van der Waals surface area (Å²) in [4.78, 5) is 36.6. The topological polar surface area (TPSA) is 96.5 Å². The molecule has 3 aromatic rings. The van der Waals surface area contributed by atoms with E-state index in [4.69, 9.17) is 16.3 Å². The van der Waals surface area contributed by atoms with Crippen LogP contribution in [0.5, 0.6) is 5.75 Å². The number of nitrogens with one attached hydrogen (secondary N) is 3. The van der Waals surface area contributed by atoms with Crippen molar-refractivity contribution < 1.29 is 19.1 Å². The molecule has 33 heavy (non-hydrogen) atoms. The molecule has 8 heteroatoms. The van der Waals surface area contributed by atoms with Crippen molar-refractivity contribution in [2.45, 2.75) is 12.8 Å². The maximum Gasteiger partial charge on any atom is 0.255 e. The van der Waals surface area contributed by atoms with Gasteiger partial charge in [-0.1, -0.05) is 11.6 Å². The molecule has 0 saturated heterocycles. The highest BCUT2D eigenvalue weighted by molar-refractivity contribution is 6.30. The van der Waals surface area contributed by atoms with Gasteiger partial charge >= 0.3 is 0 Å². The molecular weight excluding hydrogens is 442 g/mol. The minimum Gasteiger partial charge on any atom is -0.497 e. The second-order valence-corrected chi connectivity index (χ2v) is 7.61. The van der Waals surface area contributed by atoms with Crippen LogP contribution in [-0.2, 0) is 4.79 Å². The molecule has 0 atom stereocenters. The second kappa shape index (κ2) is 11.7. The predicted octanol–water partition coefficient (Wildman–Crippen LogP) is 4.75. The van der Waals surface area contributed by atoms with Gasteiger partial charge in [-0.15, -0.1) is 0 Å². The van der Waals surface area contributed by atoms with E-state index in [9.17, 15) is 14.4 Å². The van der Waals surface area contributed by atoms with E-state index in [0.29, 0.717) is 46.2 Å². The normalized spacial score (nSPS) is 10.2. The van der Waals surface area contributed by atoms with E-state index in [-0.39, 0.29) is 24.1 Å². The molecule has 7 nitrogen and oxygen atoms in total. The Morgan fingerprint density at radius 1 is 0.758 bits per heavy atom. The van der Waals surface area contributed by atoms with Crippen LogP contribution < -0.4 is 20.7 Å². The molecule has 3 N–H and O–H groups in total. The average molecular weight is 466 g/mol. The maximum atomic E-state index is 12.4. The second-order valence-electron chi connectivity index (χ2n) is 7.17. The molecule has 170 valence electrons. The molecular formula is C25H24ClN3O4. The summed E-state index contributed by atoms with van der Waals surface area (Å²) in [6.07, 6.45) is 0.744. The predicted molar refractivity (Wildman–Crippen MR) is 129 cm³/mol. The Balaban J connectivity index is 1.40. The number of amides is 3. The molecule has 0 aromatic heterocycles. The molecule has 0 bridgehead atoms. The first-order valence-electron chi connectivity index (χ1n) is 10.3. The third kappa shape index (κ3) is 7.36. The van der Waals surface area contributed by atoms with Crippen LogP contribution in [-0.4, -0.2) is 31.4 Å². The number of carbonyl (C=O) groups excluding carboxylic acids is 3. The Morgan fingerprint density at radius 2 is 1.30 bits per heavy atom. The van der Waals surface area contributed by atoms with Gasteiger partial charge in [0.25, 0.3) is 11.8 Å². The molecule has 0 heterocycles. The van der Waals surface area contributed by atoms with Crippen molar-refractivity contribution in [1.29, 1.82) is 0 Å². The van der Waals surface area contributed by atoms with Gasteiger partial charge in [-0.25, -0.2) is 0 Å². The van der Waals surface area contributed by atoms with Crippen LogP contribution >= 0.6 is 11.6 Å². The fourth-order valence-electron chi connectivity index (χ4n) is 2.96. The van der Waals surface area contributed by atoms with Crippen LogP contribution in [0.1, 0.15) is 33.6 Å². The zero-order valence-electron chi connectivity index (χ0n) is 18.1. The summed E-state index contributed by atoms with van der Waals surface area (Å²) in [6, 6.07) is 20.2. The summed E-state index contributed by atoms with van der Waals surface area (Å²) in [6.45, 7) is 0.374. The standard InChI is InChI=1S/C25H24ClN3O4/c1-33-22-14-12-21(13-15-22)29-25(32)18-6-10-20(11-7-18)28-23(30)3-2-16-27-24(31)17-4-8-19(26)9-5-17/h4-15H,2-3,16H2,1H3,(H,27,31)(H,28,30)(H,29,32). The number of carbonyl (C=O) groups is 3. The van der Waals surface area contributed by atoms with Gasteiger partial charge in [-0.05, 0) is 79.2 Å². The molecule has 0 radical (unpaired) electrons. The van der Waals surface area contributed by atoms with E-state index in [2.05, 4.69) is 16.0 Å². The Bertz CT molecular complexity index is 1100. The van der Waals surface area contributed by atoms with Gasteiger partial charge in [-0.3, -0.25) is 14.4 Å². The largest absolute Gasteiger partial charge is 0.497 e. The molecule has 3 aromatic carbocycles. The van der Waals surface area contributed by atoms with Crippen LogP contribution in [0.15, 0.2) is 72.8 Å². The van der Waals surface area contributed by atoms with Gasteiger partial charge in [0.1, 0.15) is 5.75 Å². The highest BCUT2D eigenvalue weighted by atomic mass is 35.5. The molecule has 3 amide bonds. The first kappa shape index (κ1) is 23.8. The Labute approximate surface area is 197 Å². The van der Waals surface area contributed by atoms with Crippen LogP contribution in [0.25, 0.3) is 0 Å². The van der Waals surface area contributed by atoms with Crippen molar-refractivity contribution in [1.82, 2.24) is 5.32 Å². The first-order chi connectivity index (χ1) is 15.9. The van der Waals surface area contributed by atoms with E-state index in [0.717, 1.165) is 0 Å². The lowest BCUT2D eigenvalue weighted by Crippen LogP contribution is -2.25. The lowest BCUT2D eigenvalue weighted by Gasteiger charge is -2.09. The molecule has 0 aliphatic rings. The smallest absolute Gasteiger partial charge is 0.255 e. The molecule has 0 aliphatic carbocycles. The number of rotatable bonds is 9. The van der Waals surface area contributed by atoms with E-state index in [1.165, 1.54) is 0 Å². The monoisotopic (exact) mass is 465 g/mol. The number of hydrogen-bond acceptors (Lipinski definition) is 4. The highest BCUT2D eigenvalue weighted by Gasteiger charge is 2.09. The van der Waals surface area contributed by atoms with Crippen molar-refractivity contribution in [2.24, 2.45) is 0 Å². The SMILES string of the molecule is COc1ccc(NC(=O)c2ccc(NC(=O)CCCNC(=O)c3ccc(Cl)cc3)cc2)cc1. The third-order valence-electron chi connectivity index (χ3n) is 4.75. The van der Waals surface area contributed by atoms with Gasteiger partial charge in [0.05, 0.1) is 7.11 Å². The highest BCUT2D eigenvalue weighted by Crippen LogP contribution is 2.17. The fourth-order valence-corrected chi connectivity index (χ4v) is 3.09. The summed E-state index contributed by atoms with van der Waals surface area (Å²) in [7, 11) is 1.58. The first-order valence-corrected chi connectivity index (χ1v) is 10.7. The molecule has 0 spiro atoms. The van der Waals surface area contributed by atoms with E-state index < -0.39 is 0 Å². The molecule has 0 fully saturated rings. The van der Waals surface area contributed by atoms with Crippen LogP contribution in [0.2, 0.25) is 5.02 Å². The van der Waals surface area contributed by atoms with Crippen LogP contribution in [0.4, 0.5) is 11.4 Å². The summed E-state index contributed by atoms with van der Waals surface area (Å²) < 4.78 is 5.10. The van der Waals surface area contributed by atoms with Gasteiger partial charge in [0.15, 0.2) is 0 Å². The summed E-state index contributed by atoms with van der Waals surface area (Å²) in [5.41, 5.74) is 2.22. The number of halogens is 1. The number of hydrogen-bond donors (Lipinski definition) is 3. The van der Waals surface area contributed by atoms with Gasteiger partial charge in [0.2, 0.25) is 5.91 Å². The Kier molecular flexibility index (Phi) is 8.43. The van der Waals surface area contributed by atoms with Crippen LogP contribution in [0.3, 0.4) is 0 Å². The van der Waals surface area contributed by atoms with Gasteiger partial charge in [0, 0.05) is 40.5 Å². The van der Waals surface area contributed by atoms with Crippen LogP contribution in [0, 0.1) is 0 Å². The van der Waals surface area contributed by atoms with E-state index in [1.54, 1.807) is 79.9 Å². The summed E-state index contributed by atoms with van der Waals surface area (Å²) in [5.74, 6) is 0.0632. The molecule has 0 unspecified atom stereocenters. The van der Waals surface area contributed by atoms with Crippen molar-refractivity contribution in [3.05, 3.63) is 88.9 Å². The quantitative estimate of drug-likeness (QED) is 0.397. The van der Waals surface area contributed by atoms with Crippen molar-refractivity contribution >= 4 is 40.7 Å². The van der Waals surface area contributed by atoms with E-state index in [1.807, 2.05) is 0 Å². The average Bonchev–Trinajstić information content (AvgIpc) is 2.83. The van der Waals surface area contributed by atoms with E-state index >= 15 is 0 Å². The van der Waals surface area contributed by atoms with Crippen molar-refractivity contribution in [2.75, 3.05) is 24.3 Å². The lowest BCUT2D eigenvalue weighted by molar-refractivity contribution is -0.116. The summed E-state index contributed by atoms with van der Waals surface area (Å²) >= 11 is 5.81. The lowest BCUT2D eigenvalue weighted by atomic mass is 10.1. The number of benzene rings is 3. The van der Waals surface area contributed by atoms with Gasteiger partial charge < -0.3 is 20.7 Å². The minimum atomic E-state index is -0.255. The number of methoxy groups -OCH3 is 1. The molecule has 3 rings (SSSR count). The third-order valence-corrected chi connectivity index (χ3v) is 5.00. The summed E-state index contributed by atoms with van der Waals surface area (Å²) in [5, 5.41) is 8.92. The number of anilines is 2. The fraction of sp³-hybridized carbons (Fsp3) is 0.160. The Hall–Kier alpha value is -3.84. The zero-order chi connectivity index (χ0) is 23.6. The van der Waals surface area contributed by atoms with Crippen molar-refractivity contribution in [3.63, 3.8) is 0 Å². The number of ether oxygens (including phenoxy) is 1.